The number of fused-ring (bicyclic) bond motifs is 1. The van der Waals surface area contributed by atoms with Crippen molar-refractivity contribution in [1.29, 1.82) is 0 Å². The van der Waals surface area contributed by atoms with E-state index in [4.69, 9.17) is 17.3 Å². The first kappa shape index (κ1) is 10.3. The van der Waals surface area contributed by atoms with Gasteiger partial charge in [0.15, 0.2) is 0 Å². The molecule has 78 valence electrons. The van der Waals surface area contributed by atoms with Crippen molar-refractivity contribution in [2.24, 2.45) is 0 Å². The first-order valence-electron chi connectivity index (χ1n) is 4.19. The molecular formula is C10H8ClNO2S. The zero-order valence-electron chi connectivity index (χ0n) is 7.91. The van der Waals surface area contributed by atoms with Gasteiger partial charge in [-0.1, -0.05) is 11.6 Å². The summed E-state index contributed by atoms with van der Waals surface area (Å²) < 4.78 is 6.10. The molecule has 0 aliphatic heterocycles. The monoisotopic (exact) mass is 241 g/mol. The molecule has 1 aromatic heterocycles. The fraction of sp³-hybridized carbons (Fsp3) is 0.100. The maximum absolute atomic E-state index is 11.4. The van der Waals surface area contributed by atoms with Crippen LogP contribution in [-0.4, -0.2) is 13.1 Å². The van der Waals surface area contributed by atoms with Crippen LogP contribution in [0.4, 0.5) is 5.69 Å². The number of thiophene rings is 1. The van der Waals surface area contributed by atoms with Crippen LogP contribution >= 0.6 is 22.9 Å². The number of esters is 1. The average molecular weight is 242 g/mol. The maximum atomic E-state index is 11.4. The number of anilines is 1. The third kappa shape index (κ3) is 1.66. The second-order valence-electron chi connectivity index (χ2n) is 2.99. The lowest BCUT2D eigenvalue weighted by Crippen LogP contribution is -2.01. The predicted octanol–water partition coefficient (Wildman–Crippen LogP) is 2.92. The number of nitrogen functional groups attached to an aromatic ring is 1. The van der Waals surface area contributed by atoms with E-state index in [1.807, 2.05) is 0 Å². The molecule has 0 spiro atoms. The van der Waals surface area contributed by atoms with Crippen molar-refractivity contribution >= 4 is 44.7 Å². The van der Waals surface area contributed by atoms with E-state index < -0.39 is 0 Å². The molecule has 2 rings (SSSR count). The summed E-state index contributed by atoms with van der Waals surface area (Å²) in [5.74, 6) is -0.380. The van der Waals surface area contributed by atoms with Crippen LogP contribution in [0, 0.1) is 0 Å². The number of carbonyl (C=O) groups excluding carboxylic acids is 1. The second-order valence-corrected chi connectivity index (χ2v) is 4.67. The lowest BCUT2D eigenvalue weighted by atomic mass is 10.1. The number of carbonyl (C=O) groups is 1. The standard InChI is InChI=1S/C10H8ClNO2S/c1-14-10(13)5-2-3-7(12)9-6(5)4-8(11)15-9/h2-4H,12H2,1H3. The van der Waals surface area contributed by atoms with Crippen molar-refractivity contribution in [3.05, 3.63) is 28.1 Å². The van der Waals surface area contributed by atoms with Gasteiger partial charge in [-0.2, -0.15) is 0 Å². The van der Waals surface area contributed by atoms with Gasteiger partial charge in [-0.15, -0.1) is 11.3 Å². The third-order valence-corrected chi connectivity index (χ3v) is 3.40. The third-order valence-electron chi connectivity index (χ3n) is 2.09. The van der Waals surface area contributed by atoms with Crippen molar-refractivity contribution in [1.82, 2.24) is 0 Å². The number of nitrogens with two attached hydrogens (primary N) is 1. The summed E-state index contributed by atoms with van der Waals surface area (Å²) in [6.07, 6.45) is 0. The zero-order valence-corrected chi connectivity index (χ0v) is 9.48. The molecule has 15 heavy (non-hydrogen) atoms. The van der Waals surface area contributed by atoms with E-state index in [9.17, 15) is 4.79 Å². The number of halogens is 1. The van der Waals surface area contributed by atoms with E-state index in [-0.39, 0.29) is 5.97 Å². The molecule has 0 aliphatic carbocycles. The molecule has 0 saturated heterocycles. The molecule has 0 bridgehead atoms. The van der Waals surface area contributed by atoms with Gasteiger partial charge in [-0.3, -0.25) is 0 Å². The Kier molecular flexibility index (Phi) is 2.54. The first-order chi connectivity index (χ1) is 7.13. The van der Waals surface area contributed by atoms with Crippen LogP contribution < -0.4 is 5.73 Å². The molecule has 3 nitrogen and oxygen atoms in total. The average Bonchev–Trinajstić information content (AvgIpc) is 2.60. The highest BCUT2D eigenvalue weighted by Crippen LogP contribution is 2.35. The maximum Gasteiger partial charge on any atom is 0.338 e. The molecule has 0 atom stereocenters. The minimum atomic E-state index is -0.380. The molecular weight excluding hydrogens is 234 g/mol. The Balaban J connectivity index is 2.76. The number of ether oxygens (including phenoxy) is 1. The number of hydrogen-bond acceptors (Lipinski definition) is 4. The summed E-state index contributed by atoms with van der Waals surface area (Å²) >= 11 is 7.24. The summed E-state index contributed by atoms with van der Waals surface area (Å²) in [6, 6.07) is 5.05. The fourth-order valence-corrected chi connectivity index (χ4v) is 2.58. The van der Waals surface area contributed by atoms with E-state index in [0.717, 1.165) is 10.1 Å². The van der Waals surface area contributed by atoms with Gasteiger partial charge in [0.2, 0.25) is 0 Å². The fourth-order valence-electron chi connectivity index (χ4n) is 1.40. The second kappa shape index (κ2) is 3.72. The highest BCUT2D eigenvalue weighted by atomic mass is 35.5. The van der Waals surface area contributed by atoms with Gasteiger partial charge in [0, 0.05) is 11.1 Å². The van der Waals surface area contributed by atoms with Crippen molar-refractivity contribution in [3.63, 3.8) is 0 Å². The normalized spacial score (nSPS) is 10.5. The van der Waals surface area contributed by atoms with E-state index in [2.05, 4.69) is 4.74 Å². The Morgan fingerprint density at radius 1 is 1.53 bits per heavy atom. The number of benzene rings is 1. The Bertz CT molecular complexity index is 535. The van der Waals surface area contributed by atoms with Crippen LogP contribution in [0.5, 0.6) is 0 Å². The molecule has 2 N–H and O–H groups in total. The Hall–Kier alpha value is -1.26. The lowest BCUT2D eigenvalue weighted by molar-refractivity contribution is 0.0603. The van der Waals surface area contributed by atoms with Crippen LogP contribution in [0.1, 0.15) is 10.4 Å². The Labute approximate surface area is 95.4 Å². The van der Waals surface area contributed by atoms with Crippen LogP contribution in [0.2, 0.25) is 4.34 Å². The van der Waals surface area contributed by atoms with Gasteiger partial charge >= 0.3 is 5.97 Å². The van der Waals surface area contributed by atoms with Gasteiger partial charge in [0.1, 0.15) is 0 Å². The van der Waals surface area contributed by atoms with Gasteiger partial charge < -0.3 is 10.5 Å². The van der Waals surface area contributed by atoms with Crippen LogP contribution in [0.3, 0.4) is 0 Å². The molecule has 0 radical (unpaired) electrons. The molecule has 0 fully saturated rings. The van der Waals surface area contributed by atoms with Gasteiger partial charge in [-0.25, -0.2) is 4.79 Å². The first-order valence-corrected chi connectivity index (χ1v) is 5.38. The van der Waals surface area contributed by atoms with Crippen molar-refractivity contribution in [2.75, 3.05) is 12.8 Å². The van der Waals surface area contributed by atoms with Crippen LogP contribution in [0.25, 0.3) is 10.1 Å². The number of methoxy groups -OCH3 is 1. The summed E-state index contributed by atoms with van der Waals surface area (Å²) in [6.45, 7) is 0. The number of rotatable bonds is 1. The highest BCUT2D eigenvalue weighted by molar-refractivity contribution is 7.23. The van der Waals surface area contributed by atoms with Crippen molar-refractivity contribution in [3.8, 4) is 0 Å². The van der Waals surface area contributed by atoms with E-state index in [0.29, 0.717) is 15.6 Å². The number of hydrogen-bond donors (Lipinski definition) is 1. The summed E-state index contributed by atoms with van der Waals surface area (Å²) in [7, 11) is 1.35. The van der Waals surface area contributed by atoms with E-state index in [1.165, 1.54) is 18.4 Å². The van der Waals surface area contributed by atoms with E-state index >= 15 is 0 Å². The highest BCUT2D eigenvalue weighted by Gasteiger charge is 2.14. The molecule has 1 aromatic carbocycles. The van der Waals surface area contributed by atoms with Crippen LogP contribution in [-0.2, 0) is 4.74 Å². The summed E-state index contributed by atoms with van der Waals surface area (Å²) in [4.78, 5) is 11.4. The van der Waals surface area contributed by atoms with Gasteiger partial charge in [-0.05, 0) is 18.2 Å². The topological polar surface area (TPSA) is 52.3 Å². The molecule has 2 aromatic rings. The molecule has 1 heterocycles. The van der Waals surface area contributed by atoms with Crippen molar-refractivity contribution in [2.45, 2.75) is 0 Å². The largest absolute Gasteiger partial charge is 0.465 e. The smallest absolute Gasteiger partial charge is 0.338 e. The molecule has 5 heteroatoms. The molecule has 0 amide bonds. The van der Waals surface area contributed by atoms with Crippen molar-refractivity contribution < 1.29 is 9.53 Å². The predicted molar refractivity (Wildman–Crippen MR) is 62.6 cm³/mol. The Morgan fingerprint density at radius 3 is 2.93 bits per heavy atom. The molecule has 0 unspecified atom stereocenters. The quantitative estimate of drug-likeness (QED) is 0.617. The van der Waals surface area contributed by atoms with Gasteiger partial charge in [0.25, 0.3) is 0 Å². The SMILES string of the molecule is COC(=O)c1ccc(N)c2sc(Cl)cc12. The lowest BCUT2D eigenvalue weighted by Gasteiger charge is -2.02. The summed E-state index contributed by atoms with van der Waals surface area (Å²) in [5, 5.41) is 0.747. The minimum Gasteiger partial charge on any atom is -0.465 e. The zero-order chi connectivity index (χ0) is 11.0. The van der Waals surface area contributed by atoms with E-state index in [1.54, 1.807) is 18.2 Å². The van der Waals surface area contributed by atoms with Gasteiger partial charge in [0.05, 0.1) is 21.7 Å². The summed E-state index contributed by atoms with van der Waals surface area (Å²) in [5.41, 5.74) is 6.89. The minimum absolute atomic E-state index is 0.380. The molecule has 0 aliphatic rings. The molecule has 0 saturated carbocycles. The van der Waals surface area contributed by atoms with Crippen LogP contribution in [0.15, 0.2) is 18.2 Å². The Morgan fingerprint density at radius 2 is 2.27 bits per heavy atom.